The van der Waals surface area contributed by atoms with Gasteiger partial charge in [-0.2, -0.15) is 5.26 Å². The Labute approximate surface area is 196 Å². The first kappa shape index (κ1) is 21.6. The van der Waals surface area contributed by atoms with Gasteiger partial charge in [0, 0.05) is 26.2 Å². The van der Waals surface area contributed by atoms with Crippen LogP contribution in [0.25, 0.3) is 10.2 Å². The van der Waals surface area contributed by atoms with Crippen LogP contribution in [0.3, 0.4) is 0 Å². The maximum atomic E-state index is 13.5. The predicted molar refractivity (Wildman–Crippen MR) is 126 cm³/mol. The summed E-state index contributed by atoms with van der Waals surface area (Å²) in [5.74, 6) is -0.115. The van der Waals surface area contributed by atoms with Gasteiger partial charge in [0.25, 0.3) is 5.91 Å². The van der Waals surface area contributed by atoms with E-state index in [1.165, 1.54) is 15.2 Å². The Balaban J connectivity index is 1.30. The minimum absolute atomic E-state index is 0.115. The fourth-order valence-electron chi connectivity index (χ4n) is 5.03. The van der Waals surface area contributed by atoms with E-state index in [1.54, 1.807) is 47.5 Å². The van der Waals surface area contributed by atoms with Gasteiger partial charge in [-0.1, -0.05) is 18.2 Å². The van der Waals surface area contributed by atoms with E-state index < -0.39 is 5.54 Å². The average Bonchev–Trinajstić information content (AvgIpc) is 3.39. The quantitative estimate of drug-likeness (QED) is 0.548. The second-order valence-electron chi connectivity index (χ2n) is 8.86. The molecule has 2 aromatic carbocycles. The zero-order valence-corrected chi connectivity index (χ0v) is 19.5. The molecule has 7 nitrogen and oxygen atoms in total. The molecule has 8 heteroatoms. The first-order valence-electron chi connectivity index (χ1n) is 11.1. The van der Waals surface area contributed by atoms with Crippen molar-refractivity contribution in [2.24, 2.45) is 0 Å². The third-order valence-electron chi connectivity index (χ3n) is 7.24. The molecule has 2 aliphatic heterocycles. The molecule has 168 valence electrons. The van der Waals surface area contributed by atoms with E-state index in [4.69, 9.17) is 5.26 Å². The molecule has 1 aromatic heterocycles. The summed E-state index contributed by atoms with van der Waals surface area (Å²) in [5.41, 5.74) is 4.72. The number of carbonyl (C=O) groups is 2. The second-order valence-corrected chi connectivity index (χ2v) is 9.75. The van der Waals surface area contributed by atoms with Crippen LogP contribution in [0, 0.1) is 11.3 Å². The molecule has 1 spiro atoms. The lowest BCUT2D eigenvalue weighted by Gasteiger charge is -2.43. The topological polar surface area (TPSA) is 80.5 Å². The zero-order valence-electron chi connectivity index (χ0n) is 18.7. The Morgan fingerprint density at radius 3 is 2.58 bits per heavy atom. The third kappa shape index (κ3) is 3.58. The first-order chi connectivity index (χ1) is 15.9. The minimum Gasteiger partial charge on any atom is -0.312 e. The number of hydrogen-bond donors (Lipinski definition) is 0. The van der Waals surface area contributed by atoms with Gasteiger partial charge in [-0.05, 0) is 55.2 Å². The molecule has 5 rings (SSSR count). The third-order valence-corrected chi connectivity index (χ3v) is 8.05. The number of hydrogen-bond acceptors (Lipinski definition) is 6. The molecule has 0 unspecified atom stereocenters. The number of likely N-dealkylation sites (N-methyl/N-ethyl adjacent to an activating group) is 1. The molecule has 2 fully saturated rings. The highest BCUT2D eigenvalue weighted by Gasteiger charge is 2.56. The van der Waals surface area contributed by atoms with Gasteiger partial charge in [0.1, 0.15) is 5.54 Å². The molecule has 3 heterocycles. The van der Waals surface area contributed by atoms with Crippen LogP contribution >= 0.6 is 11.3 Å². The molecule has 2 saturated heterocycles. The number of aromatic nitrogens is 1. The average molecular weight is 460 g/mol. The zero-order chi connectivity index (χ0) is 23.2. The molecule has 2 aliphatic rings. The normalized spacial score (nSPS) is 19.4. The highest BCUT2D eigenvalue weighted by Crippen LogP contribution is 2.39. The van der Waals surface area contributed by atoms with Gasteiger partial charge in [0.2, 0.25) is 0 Å². The van der Waals surface area contributed by atoms with E-state index in [0.717, 1.165) is 24.2 Å². The van der Waals surface area contributed by atoms with Crippen LogP contribution in [0.1, 0.15) is 42.5 Å². The van der Waals surface area contributed by atoms with Gasteiger partial charge in [0.05, 0.1) is 33.9 Å². The minimum atomic E-state index is -0.779. The maximum absolute atomic E-state index is 13.5. The van der Waals surface area contributed by atoms with Crippen molar-refractivity contribution in [3.8, 4) is 6.07 Å². The van der Waals surface area contributed by atoms with E-state index in [9.17, 15) is 9.59 Å². The van der Waals surface area contributed by atoms with E-state index in [-0.39, 0.29) is 24.5 Å². The van der Waals surface area contributed by atoms with Crippen molar-refractivity contribution < 1.29 is 9.59 Å². The fraction of sp³-hybridized carbons (Fsp3) is 0.360. The van der Waals surface area contributed by atoms with Crippen molar-refractivity contribution in [3.05, 3.63) is 64.7 Å². The number of rotatable bonds is 4. The smallest absolute Gasteiger partial charge is 0.312 e. The van der Waals surface area contributed by atoms with Crippen LogP contribution in [0.5, 0.6) is 0 Å². The van der Waals surface area contributed by atoms with Gasteiger partial charge >= 0.3 is 6.03 Å². The van der Waals surface area contributed by atoms with Gasteiger partial charge < -0.3 is 4.90 Å². The summed E-state index contributed by atoms with van der Waals surface area (Å²) in [5, 5.41) is 8.99. The predicted octanol–water partition coefficient (Wildman–Crippen LogP) is 4.16. The van der Waals surface area contributed by atoms with Crippen molar-refractivity contribution in [1.29, 1.82) is 5.26 Å². The summed E-state index contributed by atoms with van der Waals surface area (Å²) in [6, 6.07) is 15.5. The van der Waals surface area contributed by atoms with Gasteiger partial charge in [-0.3, -0.25) is 14.6 Å². The number of amides is 3. The molecule has 1 atom stereocenters. The molecule has 0 bridgehead atoms. The summed E-state index contributed by atoms with van der Waals surface area (Å²) in [7, 11) is 1.74. The number of fused-ring (bicyclic) bond motifs is 1. The number of thiazole rings is 1. The van der Waals surface area contributed by atoms with Crippen LogP contribution in [0.2, 0.25) is 0 Å². The van der Waals surface area contributed by atoms with Crippen LogP contribution in [0.15, 0.2) is 48.0 Å². The number of nitriles is 1. The monoisotopic (exact) mass is 459 g/mol. The van der Waals surface area contributed by atoms with Crippen LogP contribution in [0.4, 0.5) is 4.79 Å². The first-order valence-corrected chi connectivity index (χ1v) is 12.0. The summed E-state index contributed by atoms with van der Waals surface area (Å²) in [6.45, 7) is 3.89. The highest BCUT2D eigenvalue weighted by molar-refractivity contribution is 7.16. The number of likely N-dealkylation sites (tertiary alicyclic amines) is 1. The maximum Gasteiger partial charge on any atom is 0.327 e. The van der Waals surface area contributed by atoms with Crippen molar-refractivity contribution >= 4 is 33.5 Å². The van der Waals surface area contributed by atoms with Crippen LogP contribution in [-0.2, 0) is 11.3 Å². The Hall–Kier alpha value is -3.28. The van der Waals surface area contributed by atoms with E-state index in [2.05, 4.69) is 41.1 Å². The lowest BCUT2D eigenvalue weighted by Crippen LogP contribution is -2.55. The van der Waals surface area contributed by atoms with Crippen molar-refractivity contribution in [1.82, 2.24) is 19.7 Å². The molecular weight excluding hydrogens is 434 g/mol. The Morgan fingerprint density at radius 1 is 1.15 bits per heavy atom. The molecule has 3 amide bonds. The summed E-state index contributed by atoms with van der Waals surface area (Å²) in [4.78, 5) is 36.3. The lowest BCUT2D eigenvalue weighted by molar-refractivity contribution is -0.135. The number of urea groups is 1. The van der Waals surface area contributed by atoms with Crippen molar-refractivity contribution in [3.63, 3.8) is 0 Å². The lowest BCUT2D eigenvalue weighted by atomic mass is 9.85. The second kappa shape index (κ2) is 8.25. The molecule has 33 heavy (non-hydrogen) atoms. The van der Waals surface area contributed by atoms with Crippen molar-refractivity contribution in [2.75, 3.05) is 20.1 Å². The molecule has 0 N–H and O–H groups in total. The summed E-state index contributed by atoms with van der Waals surface area (Å²) >= 11 is 1.64. The van der Waals surface area contributed by atoms with Crippen LogP contribution < -0.4 is 0 Å². The standard InChI is InChI=1S/C25H25N5O2S/c1-17(20-7-8-22-21(13-20)27-16-33-22)29-11-9-25(10-12-29)23(31)30(24(32)28(25)2)15-19-5-3-18(14-26)4-6-19/h3-8,13,16-17H,9-12,15H2,1-2H3/t17-/m1/s1. The van der Waals surface area contributed by atoms with Crippen LogP contribution in [-0.4, -0.2) is 57.3 Å². The fourth-order valence-corrected chi connectivity index (χ4v) is 5.69. The molecule has 3 aromatic rings. The molecule has 0 radical (unpaired) electrons. The Bertz CT molecular complexity index is 1250. The summed E-state index contributed by atoms with van der Waals surface area (Å²) in [6.07, 6.45) is 1.22. The van der Waals surface area contributed by atoms with Gasteiger partial charge in [0.15, 0.2) is 0 Å². The number of carbonyl (C=O) groups excluding carboxylic acids is 2. The number of piperidine rings is 1. The molecular formula is C25H25N5O2S. The van der Waals surface area contributed by atoms with E-state index in [1.807, 2.05) is 5.51 Å². The number of benzene rings is 2. The van der Waals surface area contributed by atoms with E-state index >= 15 is 0 Å². The highest BCUT2D eigenvalue weighted by atomic mass is 32.1. The molecule has 0 saturated carbocycles. The largest absolute Gasteiger partial charge is 0.327 e. The SMILES string of the molecule is C[C@H](c1ccc2scnc2c1)N1CCC2(CC1)C(=O)N(Cc1ccc(C#N)cc1)C(=O)N2C. The Morgan fingerprint density at radius 2 is 1.88 bits per heavy atom. The van der Waals surface area contributed by atoms with E-state index in [0.29, 0.717) is 18.4 Å². The number of nitrogens with zero attached hydrogens (tertiary/aromatic N) is 5. The molecule has 0 aliphatic carbocycles. The Kier molecular flexibility index (Phi) is 5.39. The van der Waals surface area contributed by atoms with Gasteiger partial charge in [-0.25, -0.2) is 9.78 Å². The summed E-state index contributed by atoms with van der Waals surface area (Å²) < 4.78 is 1.18. The number of imide groups is 1. The van der Waals surface area contributed by atoms with Crippen molar-refractivity contribution in [2.45, 2.75) is 37.9 Å². The van der Waals surface area contributed by atoms with Gasteiger partial charge in [-0.15, -0.1) is 11.3 Å².